The van der Waals surface area contributed by atoms with Gasteiger partial charge in [-0.25, -0.2) is 12.8 Å². The van der Waals surface area contributed by atoms with Crippen LogP contribution in [0.1, 0.15) is 29.2 Å². The van der Waals surface area contributed by atoms with Crippen LogP contribution in [0.4, 0.5) is 4.39 Å². The lowest BCUT2D eigenvalue weighted by atomic mass is 10.1. The van der Waals surface area contributed by atoms with Gasteiger partial charge >= 0.3 is 0 Å². The van der Waals surface area contributed by atoms with Crippen molar-refractivity contribution in [3.8, 4) is 0 Å². The summed E-state index contributed by atoms with van der Waals surface area (Å²) in [6.07, 6.45) is 1.01. The Morgan fingerprint density at radius 1 is 1.16 bits per heavy atom. The Labute approximate surface area is 145 Å². The molecule has 1 amide bonds. The molecule has 2 heterocycles. The molecule has 1 aromatic heterocycles. The van der Waals surface area contributed by atoms with Crippen LogP contribution in [0, 0.1) is 12.7 Å². The van der Waals surface area contributed by atoms with Gasteiger partial charge in [0.25, 0.3) is 5.91 Å². The first-order valence-corrected chi connectivity index (χ1v) is 9.43. The average Bonchev–Trinajstić information content (AvgIpc) is 3.02. The predicted molar refractivity (Wildman–Crippen MR) is 89.1 cm³/mol. The minimum absolute atomic E-state index is 0.0717. The van der Waals surface area contributed by atoms with Crippen LogP contribution in [0.2, 0.25) is 0 Å². The molecule has 1 saturated heterocycles. The van der Waals surface area contributed by atoms with Crippen molar-refractivity contribution >= 4 is 15.9 Å². The Hall–Kier alpha value is -2.19. The van der Waals surface area contributed by atoms with Crippen molar-refractivity contribution in [3.05, 3.63) is 53.7 Å². The Morgan fingerprint density at radius 3 is 2.36 bits per heavy atom. The summed E-state index contributed by atoms with van der Waals surface area (Å²) < 4.78 is 44.7. The maximum Gasteiger partial charge on any atom is 0.287 e. The highest BCUT2D eigenvalue weighted by atomic mass is 32.2. The molecule has 1 aliphatic heterocycles. The van der Waals surface area contributed by atoms with E-state index in [2.05, 4.69) is 5.32 Å². The SMILES string of the molecule is Cc1ccc(C(=O)NC2CCN(S(=O)(=O)c3ccc(F)cc3)CC2)o1. The van der Waals surface area contributed by atoms with Crippen molar-refractivity contribution in [3.63, 3.8) is 0 Å². The van der Waals surface area contributed by atoms with Crippen molar-refractivity contribution in [1.82, 2.24) is 9.62 Å². The highest BCUT2D eigenvalue weighted by Gasteiger charge is 2.30. The lowest BCUT2D eigenvalue weighted by Crippen LogP contribution is -2.46. The largest absolute Gasteiger partial charge is 0.456 e. The van der Waals surface area contributed by atoms with E-state index in [9.17, 15) is 17.6 Å². The minimum Gasteiger partial charge on any atom is -0.456 e. The first-order valence-electron chi connectivity index (χ1n) is 7.99. The molecule has 6 nitrogen and oxygen atoms in total. The summed E-state index contributed by atoms with van der Waals surface area (Å²) in [5.41, 5.74) is 0. The van der Waals surface area contributed by atoms with E-state index in [1.54, 1.807) is 19.1 Å². The zero-order chi connectivity index (χ0) is 18.0. The van der Waals surface area contributed by atoms with E-state index in [4.69, 9.17) is 4.42 Å². The van der Waals surface area contributed by atoms with Crippen molar-refractivity contribution in [2.45, 2.75) is 30.7 Å². The molecule has 0 aliphatic carbocycles. The van der Waals surface area contributed by atoms with E-state index in [1.807, 2.05) is 0 Å². The van der Waals surface area contributed by atoms with Gasteiger partial charge in [-0.05, 0) is 56.2 Å². The van der Waals surface area contributed by atoms with Crippen LogP contribution < -0.4 is 5.32 Å². The zero-order valence-corrected chi connectivity index (χ0v) is 14.6. The normalized spacial score (nSPS) is 16.7. The molecule has 1 aromatic carbocycles. The fourth-order valence-corrected chi connectivity index (χ4v) is 4.28. The van der Waals surface area contributed by atoms with Crippen LogP contribution >= 0.6 is 0 Å². The third kappa shape index (κ3) is 3.91. The number of hydrogen-bond acceptors (Lipinski definition) is 4. The molecule has 0 saturated carbocycles. The van der Waals surface area contributed by atoms with Crippen molar-refractivity contribution in [2.75, 3.05) is 13.1 Å². The number of nitrogens with one attached hydrogen (secondary N) is 1. The van der Waals surface area contributed by atoms with E-state index < -0.39 is 15.8 Å². The van der Waals surface area contributed by atoms with Crippen LogP contribution in [-0.4, -0.2) is 37.8 Å². The van der Waals surface area contributed by atoms with Crippen molar-refractivity contribution < 1.29 is 22.0 Å². The molecule has 0 atom stereocenters. The maximum atomic E-state index is 13.0. The molecule has 8 heteroatoms. The number of nitrogens with zero attached hydrogens (tertiary/aromatic N) is 1. The van der Waals surface area contributed by atoms with E-state index in [-0.39, 0.29) is 22.6 Å². The molecule has 0 spiro atoms. The van der Waals surface area contributed by atoms with Gasteiger partial charge in [0.2, 0.25) is 10.0 Å². The van der Waals surface area contributed by atoms with Gasteiger partial charge in [-0.2, -0.15) is 4.31 Å². The lowest BCUT2D eigenvalue weighted by molar-refractivity contribution is 0.0894. The summed E-state index contributed by atoms with van der Waals surface area (Å²) in [6, 6.07) is 8.00. The van der Waals surface area contributed by atoms with E-state index in [0.29, 0.717) is 31.7 Å². The van der Waals surface area contributed by atoms with Crippen LogP contribution in [-0.2, 0) is 10.0 Å². The number of halogens is 1. The van der Waals surface area contributed by atoms with Crippen LogP contribution in [0.15, 0.2) is 45.7 Å². The summed E-state index contributed by atoms with van der Waals surface area (Å²) in [5.74, 6) is 0.130. The number of amides is 1. The quantitative estimate of drug-likeness (QED) is 0.901. The second-order valence-corrected chi connectivity index (χ2v) is 7.95. The molecule has 1 fully saturated rings. The minimum atomic E-state index is -3.64. The number of piperidine rings is 1. The fraction of sp³-hybridized carbons (Fsp3) is 0.353. The smallest absolute Gasteiger partial charge is 0.287 e. The molecule has 1 N–H and O–H groups in total. The number of hydrogen-bond donors (Lipinski definition) is 1. The molecule has 0 bridgehead atoms. The van der Waals surface area contributed by atoms with Gasteiger partial charge in [-0.3, -0.25) is 4.79 Å². The first-order chi connectivity index (χ1) is 11.9. The van der Waals surface area contributed by atoms with Gasteiger partial charge < -0.3 is 9.73 Å². The average molecular weight is 366 g/mol. The Bertz CT molecular complexity index is 853. The number of benzene rings is 1. The van der Waals surface area contributed by atoms with E-state index >= 15 is 0 Å². The molecular weight excluding hydrogens is 347 g/mol. The number of furan rings is 1. The van der Waals surface area contributed by atoms with Gasteiger partial charge in [0.15, 0.2) is 5.76 Å². The van der Waals surface area contributed by atoms with Crippen molar-refractivity contribution in [1.29, 1.82) is 0 Å². The lowest BCUT2D eigenvalue weighted by Gasteiger charge is -2.31. The highest BCUT2D eigenvalue weighted by molar-refractivity contribution is 7.89. The van der Waals surface area contributed by atoms with E-state index in [1.165, 1.54) is 16.4 Å². The van der Waals surface area contributed by atoms with Gasteiger partial charge in [-0.15, -0.1) is 0 Å². The number of carbonyl (C=O) groups excluding carboxylic acids is 1. The Kier molecular flexibility index (Phi) is 4.91. The van der Waals surface area contributed by atoms with Crippen molar-refractivity contribution in [2.24, 2.45) is 0 Å². The summed E-state index contributed by atoms with van der Waals surface area (Å²) in [7, 11) is -3.64. The zero-order valence-electron chi connectivity index (χ0n) is 13.7. The molecule has 0 radical (unpaired) electrons. The topological polar surface area (TPSA) is 79.6 Å². The third-order valence-corrected chi connectivity index (χ3v) is 6.12. The molecule has 0 unspecified atom stereocenters. The molecule has 1 aliphatic rings. The van der Waals surface area contributed by atoms with Crippen LogP contribution in [0.25, 0.3) is 0 Å². The van der Waals surface area contributed by atoms with Crippen LogP contribution in [0.5, 0.6) is 0 Å². The summed E-state index contributed by atoms with van der Waals surface area (Å²) >= 11 is 0. The predicted octanol–water partition coefficient (Wildman–Crippen LogP) is 2.31. The van der Waals surface area contributed by atoms with E-state index in [0.717, 1.165) is 12.1 Å². The fourth-order valence-electron chi connectivity index (χ4n) is 2.81. The molecule has 134 valence electrons. The Morgan fingerprint density at radius 2 is 1.80 bits per heavy atom. The number of rotatable bonds is 4. The molecular formula is C17H19FN2O4S. The first kappa shape index (κ1) is 17.6. The molecule has 3 rings (SSSR count). The highest BCUT2D eigenvalue weighted by Crippen LogP contribution is 2.21. The monoisotopic (exact) mass is 366 g/mol. The number of aryl methyl sites for hydroxylation is 1. The number of sulfonamides is 1. The standard InChI is InChI=1S/C17H19FN2O4S/c1-12-2-7-16(24-12)17(21)19-14-8-10-20(11-9-14)25(22,23)15-5-3-13(18)4-6-15/h2-7,14H,8-11H2,1H3,(H,19,21). The van der Waals surface area contributed by atoms with Gasteiger partial charge in [-0.1, -0.05) is 0 Å². The molecule has 25 heavy (non-hydrogen) atoms. The maximum absolute atomic E-state index is 13.0. The third-order valence-electron chi connectivity index (χ3n) is 4.20. The summed E-state index contributed by atoms with van der Waals surface area (Å²) in [5, 5.41) is 2.86. The van der Waals surface area contributed by atoms with Gasteiger partial charge in [0.05, 0.1) is 4.90 Å². The summed E-state index contributed by atoms with van der Waals surface area (Å²) in [6.45, 7) is 2.35. The van der Waals surface area contributed by atoms with Gasteiger partial charge in [0, 0.05) is 19.1 Å². The number of carbonyl (C=O) groups is 1. The Balaban J connectivity index is 1.59. The second kappa shape index (κ2) is 6.97. The summed E-state index contributed by atoms with van der Waals surface area (Å²) in [4.78, 5) is 12.2. The second-order valence-electron chi connectivity index (χ2n) is 6.02. The molecule has 2 aromatic rings. The van der Waals surface area contributed by atoms with Crippen LogP contribution in [0.3, 0.4) is 0 Å². The van der Waals surface area contributed by atoms with Gasteiger partial charge in [0.1, 0.15) is 11.6 Å².